The number of anilines is 1. The summed E-state index contributed by atoms with van der Waals surface area (Å²) in [5.74, 6) is -3.73. The van der Waals surface area contributed by atoms with Crippen molar-refractivity contribution >= 4 is 39.5 Å². The average molecular weight is 328 g/mol. The molecule has 6 nitrogen and oxygen atoms in total. The Balaban J connectivity index is 2.70. The third-order valence-corrected chi connectivity index (χ3v) is 3.63. The van der Waals surface area contributed by atoms with Crippen LogP contribution in [0.4, 0.5) is 5.69 Å². The number of benzene rings is 1. The summed E-state index contributed by atoms with van der Waals surface area (Å²) in [4.78, 5) is 35.4. The highest BCUT2D eigenvalue weighted by Gasteiger charge is 2.58. The number of carbonyl (C=O) groups is 3. The number of carboxylic acids is 2. The van der Waals surface area contributed by atoms with Crippen LogP contribution in [0.3, 0.4) is 0 Å². The van der Waals surface area contributed by atoms with Crippen molar-refractivity contribution in [3.05, 3.63) is 28.2 Å². The fraction of sp³-hybridized carbons (Fsp3) is 0.250. The number of amides is 1. The normalized spacial score (nSPS) is 16.0. The molecule has 1 amide bonds. The predicted octanol–water partition coefficient (Wildman–Crippen LogP) is 1.27. The Bertz CT molecular complexity index is 584. The van der Waals surface area contributed by atoms with Gasteiger partial charge in [0.05, 0.1) is 0 Å². The SMILES string of the molecule is CC(=O)N1c2ccc(Br)cc2CC1(C(=O)O)C(=O)O. The topological polar surface area (TPSA) is 94.9 Å². The smallest absolute Gasteiger partial charge is 0.342 e. The van der Waals surface area contributed by atoms with Crippen LogP contribution in [0.25, 0.3) is 0 Å². The molecule has 0 aromatic heterocycles. The van der Waals surface area contributed by atoms with Gasteiger partial charge in [-0.2, -0.15) is 0 Å². The zero-order chi connectivity index (χ0) is 14.4. The van der Waals surface area contributed by atoms with Crippen molar-refractivity contribution in [2.24, 2.45) is 0 Å². The molecule has 19 heavy (non-hydrogen) atoms. The first kappa shape index (κ1) is 13.5. The van der Waals surface area contributed by atoms with Gasteiger partial charge in [-0.3, -0.25) is 9.69 Å². The number of halogens is 1. The molecule has 100 valence electrons. The molecule has 1 heterocycles. The van der Waals surface area contributed by atoms with E-state index >= 15 is 0 Å². The molecule has 2 rings (SSSR count). The molecule has 0 unspecified atom stereocenters. The largest absolute Gasteiger partial charge is 0.479 e. The van der Waals surface area contributed by atoms with Crippen LogP contribution < -0.4 is 4.90 Å². The van der Waals surface area contributed by atoms with Gasteiger partial charge in [-0.15, -0.1) is 0 Å². The average Bonchev–Trinajstić information content (AvgIpc) is 2.63. The third kappa shape index (κ3) is 1.81. The predicted molar refractivity (Wildman–Crippen MR) is 69.0 cm³/mol. The molecule has 7 heteroatoms. The molecule has 0 atom stereocenters. The maximum absolute atomic E-state index is 11.7. The standard InChI is InChI=1S/C12H10BrNO5/c1-6(15)14-9-3-2-8(13)4-7(9)5-12(14,10(16)17)11(18)19/h2-4H,5H2,1H3,(H,16,17)(H,18,19). The summed E-state index contributed by atoms with van der Waals surface area (Å²) >= 11 is 3.24. The molecule has 1 aliphatic heterocycles. The Morgan fingerprint density at radius 2 is 1.84 bits per heavy atom. The molecule has 0 saturated heterocycles. The van der Waals surface area contributed by atoms with E-state index < -0.39 is 23.4 Å². The summed E-state index contributed by atoms with van der Waals surface area (Å²) < 4.78 is 0.696. The Labute approximate surface area is 116 Å². The number of rotatable bonds is 2. The lowest BCUT2D eigenvalue weighted by Gasteiger charge is -2.30. The zero-order valence-electron chi connectivity index (χ0n) is 9.88. The summed E-state index contributed by atoms with van der Waals surface area (Å²) in [7, 11) is 0. The maximum atomic E-state index is 11.7. The Morgan fingerprint density at radius 1 is 1.26 bits per heavy atom. The van der Waals surface area contributed by atoms with Crippen LogP contribution in [0.5, 0.6) is 0 Å². The van der Waals surface area contributed by atoms with Gasteiger partial charge in [-0.1, -0.05) is 15.9 Å². The highest BCUT2D eigenvalue weighted by Crippen LogP contribution is 2.40. The minimum absolute atomic E-state index is 0.258. The van der Waals surface area contributed by atoms with Crippen molar-refractivity contribution in [2.45, 2.75) is 18.9 Å². The first-order valence-corrected chi connectivity index (χ1v) is 6.16. The third-order valence-electron chi connectivity index (χ3n) is 3.13. The van der Waals surface area contributed by atoms with Crippen LogP contribution in [0.15, 0.2) is 22.7 Å². The lowest BCUT2D eigenvalue weighted by atomic mass is 9.94. The quantitative estimate of drug-likeness (QED) is 0.797. The molecule has 1 aliphatic rings. The van der Waals surface area contributed by atoms with E-state index in [1.807, 2.05) is 0 Å². The van der Waals surface area contributed by atoms with Crippen molar-refractivity contribution in [3.63, 3.8) is 0 Å². The van der Waals surface area contributed by atoms with Crippen LogP contribution >= 0.6 is 15.9 Å². The minimum Gasteiger partial charge on any atom is -0.479 e. The zero-order valence-corrected chi connectivity index (χ0v) is 11.5. The summed E-state index contributed by atoms with van der Waals surface area (Å²) in [5.41, 5.74) is -1.44. The molecule has 0 fully saturated rings. The molecule has 2 N–H and O–H groups in total. The molecular formula is C12H10BrNO5. The van der Waals surface area contributed by atoms with Gasteiger partial charge in [0.25, 0.3) is 0 Å². The van der Waals surface area contributed by atoms with Gasteiger partial charge in [0.1, 0.15) is 0 Å². The lowest BCUT2D eigenvalue weighted by molar-refractivity contribution is -0.158. The van der Waals surface area contributed by atoms with Gasteiger partial charge in [0.15, 0.2) is 0 Å². The molecule has 0 radical (unpaired) electrons. The van der Waals surface area contributed by atoms with E-state index in [-0.39, 0.29) is 6.42 Å². The van der Waals surface area contributed by atoms with Gasteiger partial charge < -0.3 is 10.2 Å². The fourth-order valence-corrected chi connectivity index (χ4v) is 2.76. The van der Waals surface area contributed by atoms with Crippen LogP contribution in [0.1, 0.15) is 12.5 Å². The van der Waals surface area contributed by atoms with Gasteiger partial charge in [0.2, 0.25) is 11.4 Å². The number of nitrogens with zero attached hydrogens (tertiary/aromatic N) is 1. The molecule has 0 saturated carbocycles. The van der Waals surface area contributed by atoms with Gasteiger partial charge in [0, 0.05) is 23.5 Å². The van der Waals surface area contributed by atoms with Gasteiger partial charge >= 0.3 is 11.9 Å². The summed E-state index contributed by atoms with van der Waals surface area (Å²) in [5, 5.41) is 18.6. The number of carbonyl (C=O) groups excluding carboxylic acids is 1. The van der Waals surface area contributed by atoms with Crippen molar-refractivity contribution in [2.75, 3.05) is 4.90 Å². The molecular weight excluding hydrogens is 318 g/mol. The van der Waals surface area contributed by atoms with Crippen LogP contribution in [0.2, 0.25) is 0 Å². The van der Waals surface area contributed by atoms with E-state index in [9.17, 15) is 24.6 Å². The first-order chi connectivity index (χ1) is 8.80. The summed E-state index contributed by atoms with van der Waals surface area (Å²) in [6.45, 7) is 1.15. The van der Waals surface area contributed by atoms with E-state index in [1.165, 1.54) is 6.07 Å². The molecule has 0 bridgehead atoms. The molecule has 1 aromatic rings. The Morgan fingerprint density at radius 3 is 2.32 bits per heavy atom. The second kappa shape index (κ2) is 4.34. The van der Waals surface area contributed by atoms with E-state index in [4.69, 9.17) is 0 Å². The van der Waals surface area contributed by atoms with Gasteiger partial charge in [-0.05, 0) is 23.8 Å². The second-order valence-electron chi connectivity index (χ2n) is 4.27. The van der Waals surface area contributed by atoms with E-state index in [0.717, 1.165) is 11.8 Å². The Hall–Kier alpha value is -1.89. The number of aliphatic carboxylic acids is 2. The molecule has 0 aliphatic carbocycles. The Kier molecular flexibility index (Phi) is 3.09. The summed E-state index contributed by atoms with van der Waals surface area (Å²) in [6.07, 6.45) is -0.258. The van der Waals surface area contributed by atoms with Gasteiger partial charge in [-0.25, -0.2) is 9.59 Å². The van der Waals surface area contributed by atoms with Crippen molar-refractivity contribution < 1.29 is 24.6 Å². The van der Waals surface area contributed by atoms with Crippen molar-refractivity contribution in [1.29, 1.82) is 0 Å². The number of hydrogen-bond acceptors (Lipinski definition) is 3. The highest BCUT2D eigenvalue weighted by molar-refractivity contribution is 9.10. The number of carboxylic acid groups (broad SMARTS) is 2. The second-order valence-corrected chi connectivity index (χ2v) is 5.19. The monoisotopic (exact) mass is 327 g/mol. The maximum Gasteiger partial charge on any atom is 0.342 e. The lowest BCUT2D eigenvalue weighted by Crippen LogP contribution is -2.60. The number of fused-ring (bicyclic) bond motifs is 1. The molecule has 1 aromatic carbocycles. The van der Waals surface area contributed by atoms with Crippen molar-refractivity contribution in [1.82, 2.24) is 0 Å². The van der Waals surface area contributed by atoms with Crippen molar-refractivity contribution in [3.8, 4) is 0 Å². The fourth-order valence-electron chi connectivity index (χ4n) is 2.35. The summed E-state index contributed by atoms with van der Waals surface area (Å²) in [6, 6.07) is 4.79. The first-order valence-electron chi connectivity index (χ1n) is 5.36. The number of hydrogen-bond donors (Lipinski definition) is 2. The van der Waals surface area contributed by atoms with Crippen LogP contribution in [0, 0.1) is 0 Å². The minimum atomic E-state index is -2.27. The van der Waals surface area contributed by atoms with Crippen LogP contribution in [-0.4, -0.2) is 33.6 Å². The highest BCUT2D eigenvalue weighted by atomic mass is 79.9. The van der Waals surface area contributed by atoms with E-state index in [1.54, 1.807) is 12.1 Å². The van der Waals surface area contributed by atoms with E-state index in [0.29, 0.717) is 15.7 Å². The van der Waals surface area contributed by atoms with E-state index in [2.05, 4.69) is 15.9 Å². The van der Waals surface area contributed by atoms with Crippen LogP contribution in [-0.2, 0) is 20.8 Å². The molecule has 0 spiro atoms.